The van der Waals surface area contributed by atoms with Gasteiger partial charge in [-0.05, 0) is 39.7 Å². The smallest absolute Gasteiger partial charge is 0.161 e. The van der Waals surface area contributed by atoms with Crippen LogP contribution in [0, 0.1) is 0 Å². The fourth-order valence-electron chi connectivity index (χ4n) is 2.88. The Hall–Kier alpha value is -1.07. The molecule has 0 amide bonds. The summed E-state index contributed by atoms with van der Waals surface area (Å²) in [5.74, 6) is 0.851. The second kappa shape index (κ2) is 7.09. The first-order valence-corrected chi connectivity index (χ1v) is 7.69. The van der Waals surface area contributed by atoms with Crippen molar-refractivity contribution < 1.29 is 9.47 Å². The molecule has 1 fully saturated rings. The molecule has 1 aliphatic rings. The number of rotatable bonds is 7. The van der Waals surface area contributed by atoms with Crippen molar-refractivity contribution in [1.82, 2.24) is 15.1 Å². The van der Waals surface area contributed by atoms with Crippen molar-refractivity contribution in [3.8, 4) is 5.75 Å². The van der Waals surface area contributed by atoms with Crippen LogP contribution in [0.2, 0.25) is 0 Å². The van der Waals surface area contributed by atoms with E-state index in [0.29, 0.717) is 6.10 Å². The second-order valence-electron chi connectivity index (χ2n) is 5.41. The van der Waals surface area contributed by atoms with Crippen LogP contribution < -0.4 is 10.1 Å². The van der Waals surface area contributed by atoms with Crippen LogP contribution in [0.25, 0.3) is 0 Å². The second-order valence-corrected chi connectivity index (χ2v) is 5.41. The lowest BCUT2D eigenvalue weighted by atomic mass is 10.0. The van der Waals surface area contributed by atoms with E-state index < -0.39 is 0 Å². The Morgan fingerprint density at radius 1 is 1.50 bits per heavy atom. The van der Waals surface area contributed by atoms with E-state index in [-0.39, 0.29) is 12.1 Å². The first-order valence-electron chi connectivity index (χ1n) is 7.69. The number of hydrogen-bond donors (Lipinski definition) is 1. The standard InChI is InChI=1S/C15H27N3O2/c1-5-9-16-14(12-8-7-11(3)20-12)15-13(19-4)10-17-18(15)6-2/h10-12,14,16H,5-9H2,1-4H3. The summed E-state index contributed by atoms with van der Waals surface area (Å²) < 4.78 is 13.6. The Morgan fingerprint density at radius 3 is 2.85 bits per heavy atom. The van der Waals surface area contributed by atoms with E-state index in [1.165, 1.54) is 0 Å². The number of nitrogens with one attached hydrogen (secondary N) is 1. The van der Waals surface area contributed by atoms with Gasteiger partial charge in [-0.25, -0.2) is 0 Å². The lowest BCUT2D eigenvalue weighted by molar-refractivity contribution is 0.0291. The van der Waals surface area contributed by atoms with Crippen LogP contribution in [0.4, 0.5) is 0 Å². The molecule has 0 bridgehead atoms. The first kappa shape index (κ1) is 15.3. The van der Waals surface area contributed by atoms with Gasteiger partial charge in [-0.2, -0.15) is 5.10 Å². The molecule has 0 aliphatic carbocycles. The molecule has 1 aromatic rings. The van der Waals surface area contributed by atoms with E-state index >= 15 is 0 Å². The van der Waals surface area contributed by atoms with Crippen molar-refractivity contribution in [2.75, 3.05) is 13.7 Å². The maximum Gasteiger partial charge on any atom is 0.161 e. The van der Waals surface area contributed by atoms with Gasteiger partial charge in [0.15, 0.2) is 5.75 Å². The van der Waals surface area contributed by atoms with Crippen LogP contribution in [0.15, 0.2) is 6.20 Å². The van der Waals surface area contributed by atoms with E-state index in [1.54, 1.807) is 13.3 Å². The zero-order valence-corrected chi connectivity index (χ0v) is 13.1. The number of ether oxygens (including phenoxy) is 2. The molecule has 2 heterocycles. The lowest BCUT2D eigenvalue weighted by Gasteiger charge is -2.26. The maximum absolute atomic E-state index is 6.08. The average Bonchev–Trinajstić information content (AvgIpc) is 3.06. The van der Waals surface area contributed by atoms with Gasteiger partial charge in [-0.3, -0.25) is 4.68 Å². The molecule has 1 N–H and O–H groups in total. The van der Waals surface area contributed by atoms with Crippen LogP contribution in [-0.2, 0) is 11.3 Å². The van der Waals surface area contributed by atoms with Crippen molar-refractivity contribution >= 4 is 0 Å². The molecule has 1 aromatic heterocycles. The molecule has 0 aromatic carbocycles. The number of hydrogen-bond acceptors (Lipinski definition) is 4. The largest absolute Gasteiger partial charge is 0.493 e. The van der Waals surface area contributed by atoms with Gasteiger partial charge in [0.2, 0.25) is 0 Å². The third-order valence-corrected chi connectivity index (χ3v) is 3.91. The molecule has 0 radical (unpaired) electrons. The molecule has 5 nitrogen and oxygen atoms in total. The average molecular weight is 281 g/mol. The quantitative estimate of drug-likeness (QED) is 0.834. The van der Waals surface area contributed by atoms with Gasteiger partial charge in [0.1, 0.15) is 0 Å². The summed E-state index contributed by atoms with van der Waals surface area (Å²) in [7, 11) is 1.70. The third-order valence-electron chi connectivity index (χ3n) is 3.91. The van der Waals surface area contributed by atoms with E-state index in [0.717, 1.165) is 43.8 Å². The Balaban J connectivity index is 2.27. The Bertz CT molecular complexity index is 398. The molecule has 3 atom stereocenters. The molecule has 3 unspecified atom stereocenters. The van der Waals surface area contributed by atoms with Crippen LogP contribution in [0.1, 0.15) is 51.8 Å². The van der Waals surface area contributed by atoms with Crippen LogP contribution >= 0.6 is 0 Å². The maximum atomic E-state index is 6.08. The molecule has 1 aliphatic heterocycles. The molecular formula is C15H27N3O2. The molecule has 0 saturated carbocycles. The summed E-state index contributed by atoms with van der Waals surface area (Å²) >= 11 is 0. The van der Waals surface area contributed by atoms with Crippen LogP contribution in [0.5, 0.6) is 5.75 Å². The van der Waals surface area contributed by atoms with Gasteiger partial charge < -0.3 is 14.8 Å². The minimum Gasteiger partial charge on any atom is -0.493 e. The highest BCUT2D eigenvalue weighted by molar-refractivity contribution is 5.29. The minimum atomic E-state index is 0.150. The number of aromatic nitrogens is 2. The third kappa shape index (κ3) is 3.15. The first-order chi connectivity index (χ1) is 9.71. The summed E-state index contributed by atoms with van der Waals surface area (Å²) in [6, 6.07) is 0.150. The van der Waals surface area contributed by atoms with E-state index in [9.17, 15) is 0 Å². The number of methoxy groups -OCH3 is 1. The van der Waals surface area contributed by atoms with Gasteiger partial charge in [0.25, 0.3) is 0 Å². The molecule has 114 valence electrons. The fraction of sp³-hybridized carbons (Fsp3) is 0.800. The highest BCUT2D eigenvalue weighted by atomic mass is 16.5. The topological polar surface area (TPSA) is 48.3 Å². The molecule has 5 heteroatoms. The summed E-state index contributed by atoms with van der Waals surface area (Å²) in [6.45, 7) is 8.23. The summed E-state index contributed by atoms with van der Waals surface area (Å²) in [5.41, 5.74) is 1.11. The zero-order chi connectivity index (χ0) is 14.5. The molecule has 20 heavy (non-hydrogen) atoms. The van der Waals surface area contributed by atoms with E-state index in [1.807, 2.05) is 4.68 Å². The van der Waals surface area contributed by atoms with E-state index in [2.05, 4.69) is 31.2 Å². The van der Waals surface area contributed by atoms with Gasteiger partial charge >= 0.3 is 0 Å². The fourth-order valence-corrected chi connectivity index (χ4v) is 2.88. The Labute approximate surface area is 121 Å². The van der Waals surface area contributed by atoms with Gasteiger partial charge in [0, 0.05) is 6.54 Å². The Kier molecular flexibility index (Phi) is 5.43. The zero-order valence-electron chi connectivity index (χ0n) is 13.1. The summed E-state index contributed by atoms with van der Waals surface area (Å²) in [6.07, 6.45) is 5.65. The van der Waals surface area contributed by atoms with Crippen molar-refractivity contribution in [1.29, 1.82) is 0 Å². The predicted molar refractivity (Wildman–Crippen MR) is 79.1 cm³/mol. The highest BCUT2D eigenvalue weighted by Gasteiger charge is 2.34. The SMILES string of the molecule is CCCNC(c1c(OC)cnn1CC)C1CCC(C)O1. The van der Waals surface area contributed by atoms with Crippen LogP contribution in [0.3, 0.4) is 0 Å². The van der Waals surface area contributed by atoms with Crippen LogP contribution in [-0.4, -0.2) is 35.6 Å². The van der Waals surface area contributed by atoms with Crippen molar-refractivity contribution in [3.05, 3.63) is 11.9 Å². The van der Waals surface area contributed by atoms with Crippen molar-refractivity contribution in [3.63, 3.8) is 0 Å². The normalized spacial score (nSPS) is 24.0. The van der Waals surface area contributed by atoms with E-state index in [4.69, 9.17) is 9.47 Å². The molecular weight excluding hydrogens is 254 g/mol. The molecule has 0 spiro atoms. The van der Waals surface area contributed by atoms with Gasteiger partial charge in [-0.1, -0.05) is 6.92 Å². The summed E-state index contributed by atoms with van der Waals surface area (Å²) in [4.78, 5) is 0. The minimum absolute atomic E-state index is 0.150. The molecule has 2 rings (SSSR count). The summed E-state index contributed by atoms with van der Waals surface area (Å²) in [5, 5.41) is 8.04. The van der Waals surface area contributed by atoms with Gasteiger partial charge in [0.05, 0.1) is 37.3 Å². The number of nitrogens with zero attached hydrogens (tertiary/aromatic N) is 2. The van der Waals surface area contributed by atoms with Crippen molar-refractivity contribution in [2.24, 2.45) is 0 Å². The molecule has 1 saturated heterocycles. The predicted octanol–water partition coefficient (Wildman–Crippen LogP) is 2.52. The monoisotopic (exact) mass is 281 g/mol. The van der Waals surface area contributed by atoms with Crippen molar-refractivity contribution in [2.45, 2.75) is 64.8 Å². The van der Waals surface area contributed by atoms with Gasteiger partial charge in [-0.15, -0.1) is 0 Å². The highest BCUT2D eigenvalue weighted by Crippen LogP contribution is 2.34. The number of aryl methyl sites for hydroxylation is 1. The lowest BCUT2D eigenvalue weighted by Crippen LogP contribution is -2.34. The Morgan fingerprint density at radius 2 is 2.30 bits per heavy atom.